The Labute approximate surface area is 123 Å². The molecule has 0 heterocycles. The van der Waals surface area contributed by atoms with Crippen LogP contribution in [-0.2, 0) is 0 Å². The van der Waals surface area contributed by atoms with Crippen molar-refractivity contribution in [3.05, 3.63) is 0 Å². The quantitative estimate of drug-likeness (QED) is 0.403. The van der Waals surface area contributed by atoms with Crippen molar-refractivity contribution in [2.45, 2.75) is 85.0 Å². The van der Waals surface area contributed by atoms with Crippen LogP contribution in [0, 0.1) is 5.41 Å². The van der Waals surface area contributed by atoms with Crippen LogP contribution in [0.2, 0.25) is 0 Å². The molecule has 0 atom stereocenters. The summed E-state index contributed by atoms with van der Waals surface area (Å²) in [6.45, 7) is 8.34. The second kappa shape index (κ2) is 9.80. The van der Waals surface area contributed by atoms with E-state index in [4.69, 9.17) is 0 Å². The van der Waals surface area contributed by atoms with Gasteiger partial charge in [0, 0.05) is 6.42 Å². The number of quaternary nitrogens is 1. The highest BCUT2D eigenvalue weighted by Gasteiger charge is 2.30. The maximum atomic E-state index is 2.34. The first-order valence-corrected chi connectivity index (χ1v) is 8.69. The molecule has 0 saturated carbocycles. The minimum atomic E-state index is 0.646. The van der Waals surface area contributed by atoms with Crippen LogP contribution in [0.1, 0.15) is 85.0 Å². The number of unbranched alkanes of at least 4 members (excludes halogenated alkanes) is 3. The zero-order valence-electron chi connectivity index (χ0n) is 14.7. The Morgan fingerprint density at radius 2 is 1.00 bits per heavy atom. The fourth-order valence-corrected chi connectivity index (χ4v) is 2.98. The lowest BCUT2D eigenvalue weighted by molar-refractivity contribution is -0.871. The second-order valence-electron chi connectivity index (χ2n) is 7.57. The van der Waals surface area contributed by atoms with Crippen LogP contribution in [0.4, 0.5) is 0 Å². The molecule has 116 valence electrons. The fraction of sp³-hybridized carbons (Fsp3) is 1.00. The van der Waals surface area contributed by atoms with Crippen LogP contribution < -0.4 is 0 Å². The topological polar surface area (TPSA) is 0 Å². The third-order valence-corrected chi connectivity index (χ3v) is 4.49. The molecule has 0 aliphatic carbocycles. The molecule has 0 amide bonds. The van der Waals surface area contributed by atoms with E-state index < -0.39 is 0 Å². The van der Waals surface area contributed by atoms with Crippen molar-refractivity contribution in [3.63, 3.8) is 0 Å². The van der Waals surface area contributed by atoms with Gasteiger partial charge in [0.05, 0.1) is 27.7 Å². The summed E-state index contributed by atoms with van der Waals surface area (Å²) in [6, 6.07) is 0. The molecule has 1 heteroatoms. The summed E-state index contributed by atoms with van der Waals surface area (Å²) in [5.41, 5.74) is 0.646. The van der Waals surface area contributed by atoms with E-state index in [2.05, 4.69) is 41.9 Å². The van der Waals surface area contributed by atoms with Crippen molar-refractivity contribution in [2.75, 3.05) is 27.7 Å². The third kappa shape index (κ3) is 9.49. The SMILES string of the molecule is CCCCC(CCCC)(CCCC)CC[N+](C)(C)C. The highest BCUT2D eigenvalue weighted by atomic mass is 15.3. The summed E-state index contributed by atoms with van der Waals surface area (Å²) in [5, 5.41) is 0. The lowest BCUT2D eigenvalue weighted by Gasteiger charge is -2.37. The number of nitrogens with zero attached hydrogens (tertiary/aromatic N) is 1. The summed E-state index contributed by atoms with van der Waals surface area (Å²) in [7, 11) is 7.01. The average molecular weight is 271 g/mol. The molecule has 0 rings (SSSR count). The molecule has 0 unspecified atom stereocenters. The van der Waals surface area contributed by atoms with Crippen LogP contribution in [0.3, 0.4) is 0 Å². The molecular formula is C18H40N+. The molecular weight excluding hydrogens is 230 g/mol. The minimum Gasteiger partial charge on any atom is -0.331 e. The normalized spacial score (nSPS) is 12.9. The van der Waals surface area contributed by atoms with Gasteiger partial charge in [0.15, 0.2) is 0 Å². The van der Waals surface area contributed by atoms with E-state index in [1.165, 1.54) is 70.8 Å². The molecule has 0 aromatic heterocycles. The summed E-state index contributed by atoms with van der Waals surface area (Å²) < 4.78 is 1.12. The first-order chi connectivity index (χ1) is 8.89. The molecule has 0 aliphatic rings. The van der Waals surface area contributed by atoms with Gasteiger partial charge in [0.1, 0.15) is 0 Å². The zero-order chi connectivity index (χ0) is 14.8. The van der Waals surface area contributed by atoms with Crippen LogP contribution >= 0.6 is 0 Å². The molecule has 0 aromatic rings. The average Bonchev–Trinajstić information content (AvgIpc) is 2.36. The number of rotatable bonds is 12. The van der Waals surface area contributed by atoms with E-state index in [1.54, 1.807) is 0 Å². The molecule has 0 spiro atoms. The Bertz CT molecular complexity index is 180. The van der Waals surface area contributed by atoms with Gasteiger partial charge < -0.3 is 4.48 Å². The maximum Gasteiger partial charge on any atom is 0.0785 e. The standard InChI is InChI=1S/C18H40N/c1-7-10-13-18(14-11-8-2,15-12-9-3)16-17-19(4,5)6/h7-17H2,1-6H3/q+1. The predicted octanol–water partition coefficient (Wildman–Crippen LogP) is 5.64. The Balaban J connectivity index is 4.66. The number of hydrogen-bond donors (Lipinski definition) is 0. The molecule has 0 aliphatic heterocycles. The van der Waals surface area contributed by atoms with Gasteiger partial charge in [-0.2, -0.15) is 0 Å². The first kappa shape index (κ1) is 19.0. The molecule has 0 saturated heterocycles. The van der Waals surface area contributed by atoms with Gasteiger partial charge in [-0.3, -0.25) is 0 Å². The first-order valence-electron chi connectivity index (χ1n) is 8.69. The Morgan fingerprint density at radius 1 is 0.632 bits per heavy atom. The lowest BCUT2D eigenvalue weighted by atomic mass is 9.72. The predicted molar refractivity (Wildman–Crippen MR) is 88.5 cm³/mol. The highest BCUT2D eigenvalue weighted by Crippen LogP contribution is 2.40. The summed E-state index contributed by atoms with van der Waals surface area (Å²) >= 11 is 0. The molecule has 0 N–H and O–H groups in total. The number of hydrogen-bond acceptors (Lipinski definition) is 0. The van der Waals surface area contributed by atoms with E-state index >= 15 is 0 Å². The summed E-state index contributed by atoms with van der Waals surface area (Å²) in [5.74, 6) is 0. The van der Waals surface area contributed by atoms with E-state index in [1.807, 2.05) is 0 Å². The van der Waals surface area contributed by atoms with Crippen molar-refractivity contribution < 1.29 is 4.48 Å². The van der Waals surface area contributed by atoms with E-state index in [0.717, 1.165) is 4.48 Å². The van der Waals surface area contributed by atoms with E-state index in [9.17, 15) is 0 Å². The highest BCUT2D eigenvalue weighted by molar-refractivity contribution is 4.79. The van der Waals surface area contributed by atoms with Crippen LogP contribution in [0.5, 0.6) is 0 Å². The summed E-state index contributed by atoms with van der Waals surface area (Å²) in [4.78, 5) is 0. The Hall–Kier alpha value is -0.0400. The largest absolute Gasteiger partial charge is 0.331 e. The van der Waals surface area contributed by atoms with Gasteiger partial charge in [-0.1, -0.05) is 59.3 Å². The lowest BCUT2D eigenvalue weighted by Crippen LogP contribution is -2.38. The van der Waals surface area contributed by atoms with Crippen molar-refractivity contribution in [1.82, 2.24) is 0 Å². The zero-order valence-corrected chi connectivity index (χ0v) is 14.7. The minimum absolute atomic E-state index is 0.646. The van der Waals surface area contributed by atoms with Gasteiger partial charge in [0.2, 0.25) is 0 Å². The third-order valence-electron chi connectivity index (χ3n) is 4.49. The van der Waals surface area contributed by atoms with E-state index in [-0.39, 0.29) is 0 Å². The molecule has 0 aromatic carbocycles. The molecule has 0 radical (unpaired) electrons. The Morgan fingerprint density at radius 3 is 1.26 bits per heavy atom. The molecule has 0 fully saturated rings. The van der Waals surface area contributed by atoms with Crippen LogP contribution in [-0.4, -0.2) is 32.2 Å². The monoisotopic (exact) mass is 270 g/mol. The van der Waals surface area contributed by atoms with Crippen molar-refractivity contribution in [3.8, 4) is 0 Å². The Kier molecular flexibility index (Phi) is 9.78. The molecule has 1 nitrogen and oxygen atoms in total. The van der Waals surface area contributed by atoms with Crippen molar-refractivity contribution in [1.29, 1.82) is 0 Å². The molecule has 19 heavy (non-hydrogen) atoms. The van der Waals surface area contributed by atoms with E-state index in [0.29, 0.717) is 5.41 Å². The second-order valence-corrected chi connectivity index (χ2v) is 7.57. The van der Waals surface area contributed by atoms with Crippen LogP contribution in [0.15, 0.2) is 0 Å². The van der Waals surface area contributed by atoms with Gasteiger partial charge >= 0.3 is 0 Å². The fourth-order valence-electron chi connectivity index (χ4n) is 2.98. The van der Waals surface area contributed by atoms with Crippen molar-refractivity contribution >= 4 is 0 Å². The summed E-state index contributed by atoms with van der Waals surface area (Å²) in [6.07, 6.45) is 14.1. The van der Waals surface area contributed by atoms with Crippen molar-refractivity contribution in [2.24, 2.45) is 5.41 Å². The maximum absolute atomic E-state index is 2.34. The van der Waals surface area contributed by atoms with Gasteiger partial charge in [-0.15, -0.1) is 0 Å². The molecule has 0 bridgehead atoms. The van der Waals surface area contributed by atoms with Crippen LogP contribution in [0.25, 0.3) is 0 Å². The van der Waals surface area contributed by atoms with Gasteiger partial charge in [0.25, 0.3) is 0 Å². The van der Waals surface area contributed by atoms with Gasteiger partial charge in [-0.05, 0) is 24.7 Å². The van der Waals surface area contributed by atoms with Gasteiger partial charge in [-0.25, -0.2) is 0 Å². The smallest absolute Gasteiger partial charge is 0.0785 e.